The van der Waals surface area contributed by atoms with Gasteiger partial charge in [0.25, 0.3) is 5.91 Å². The van der Waals surface area contributed by atoms with Gasteiger partial charge in [-0.3, -0.25) is 4.79 Å². The van der Waals surface area contributed by atoms with Crippen molar-refractivity contribution in [1.29, 1.82) is 0 Å². The predicted octanol–water partition coefficient (Wildman–Crippen LogP) is 7.12. The van der Waals surface area contributed by atoms with Crippen molar-refractivity contribution in [1.82, 2.24) is 14.4 Å². The Morgan fingerprint density at radius 3 is 2.14 bits per heavy atom. The van der Waals surface area contributed by atoms with Crippen molar-refractivity contribution in [3.05, 3.63) is 101 Å². The van der Waals surface area contributed by atoms with Gasteiger partial charge < -0.3 is 24.4 Å². The molecule has 1 fully saturated rings. The summed E-state index contributed by atoms with van der Waals surface area (Å²) in [6.45, 7) is 2.64. The summed E-state index contributed by atoms with van der Waals surface area (Å²) in [6.07, 6.45) is -4.60. The predicted molar refractivity (Wildman–Crippen MR) is 155 cm³/mol. The Balaban J connectivity index is 1.36. The van der Waals surface area contributed by atoms with E-state index in [1.165, 1.54) is 23.1 Å². The lowest BCUT2D eigenvalue weighted by molar-refractivity contribution is -0.136. The number of methoxy groups -OCH3 is 1. The molecule has 4 aromatic rings. The van der Waals surface area contributed by atoms with Crippen LogP contribution in [0.25, 0.3) is 16.9 Å². The maximum absolute atomic E-state index is 13.8. The molecule has 0 saturated carbocycles. The zero-order valence-electron chi connectivity index (χ0n) is 22.9. The SMILES string of the molecule is COc1ccc(-c2cc(C(=O)N3CCN(C(=O)Nc4ccccc4C(F)(F)F)CC3)c(C)n2-c2ccccc2Cl)cc1. The summed E-state index contributed by atoms with van der Waals surface area (Å²) in [5.41, 5.74) is 2.31. The number of carbonyl (C=O) groups excluding carboxylic acids is 2. The number of para-hydroxylation sites is 2. The van der Waals surface area contributed by atoms with Gasteiger partial charge in [0.15, 0.2) is 0 Å². The quantitative estimate of drug-likeness (QED) is 0.267. The van der Waals surface area contributed by atoms with E-state index in [4.69, 9.17) is 16.3 Å². The monoisotopic (exact) mass is 596 g/mol. The van der Waals surface area contributed by atoms with E-state index < -0.39 is 17.8 Å². The van der Waals surface area contributed by atoms with Crippen LogP contribution in [0.1, 0.15) is 21.6 Å². The minimum Gasteiger partial charge on any atom is -0.497 e. The highest BCUT2D eigenvalue weighted by Crippen LogP contribution is 2.36. The second-order valence-electron chi connectivity index (χ2n) is 9.80. The zero-order valence-corrected chi connectivity index (χ0v) is 23.7. The Morgan fingerprint density at radius 1 is 0.881 bits per heavy atom. The van der Waals surface area contributed by atoms with Crippen LogP contribution in [0.2, 0.25) is 5.02 Å². The second-order valence-corrected chi connectivity index (χ2v) is 10.2. The molecule has 0 unspecified atom stereocenters. The van der Waals surface area contributed by atoms with Gasteiger partial charge in [-0.1, -0.05) is 35.9 Å². The molecule has 5 rings (SSSR count). The fourth-order valence-electron chi connectivity index (χ4n) is 5.06. The highest BCUT2D eigenvalue weighted by molar-refractivity contribution is 6.32. The van der Waals surface area contributed by atoms with Gasteiger partial charge in [0.1, 0.15) is 5.75 Å². The van der Waals surface area contributed by atoms with Crippen LogP contribution in [0.3, 0.4) is 0 Å². The third-order valence-corrected chi connectivity index (χ3v) is 7.60. The van der Waals surface area contributed by atoms with E-state index in [0.717, 1.165) is 23.0 Å². The molecule has 3 aromatic carbocycles. The normalized spacial score (nSPS) is 13.7. The molecule has 0 bridgehead atoms. The summed E-state index contributed by atoms with van der Waals surface area (Å²) >= 11 is 6.57. The molecule has 1 saturated heterocycles. The van der Waals surface area contributed by atoms with Crippen LogP contribution < -0.4 is 10.1 Å². The van der Waals surface area contributed by atoms with Crippen molar-refractivity contribution in [3.8, 4) is 22.7 Å². The molecule has 218 valence electrons. The smallest absolute Gasteiger partial charge is 0.418 e. The lowest BCUT2D eigenvalue weighted by Crippen LogP contribution is -2.51. The summed E-state index contributed by atoms with van der Waals surface area (Å²) in [6, 6.07) is 20.9. The maximum Gasteiger partial charge on any atom is 0.418 e. The summed E-state index contributed by atoms with van der Waals surface area (Å²) in [7, 11) is 1.59. The van der Waals surface area contributed by atoms with Crippen molar-refractivity contribution in [2.24, 2.45) is 0 Å². The first-order valence-electron chi connectivity index (χ1n) is 13.2. The van der Waals surface area contributed by atoms with E-state index in [9.17, 15) is 22.8 Å². The molecular weight excluding hydrogens is 569 g/mol. The van der Waals surface area contributed by atoms with Crippen molar-refractivity contribution in [2.75, 3.05) is 38.6 Å². The molecule has 0 spiro atoms. The number of benzene rings is 3. The van der Waals surface area contributed by atoms with E-state index in [1.54, 1.807) is 18.1 Å². The average molecular weight is 597 g/mol. The van der Waals surface area contributed by atoms with Crippen LogP contribution in [0.5, 0.6) is 5.75 Å². The second kappa shape index (κ2) is 11.8. The van der Waals surface area contributed by atoms with Crippen LogP contribution >= 0.6 is 11.6 Å². The van der Waals surface area contributed by atoms with Crippen LogP contribution in [-0.2, 0) is 6.18 Å². The number of urea groups is 1. The summed E-state index contributed by atoms with van der Waals surface area (Å²) in [5.74, 6) is 0.488. The molecule has 1 aliphatic rings. The van der Waals surface area contributed by atoms with Gasteiger partial charge in [0.05, 0.1) is 40.3 Å². The molecule has 2 heterocycles. The number of nitrogens with one attached hydrogen (secondary N) is 1. The van der Waals surface area contributed by atoms with Crippen LogP contribution in [0.4, 0.5) is 23.7 Å². The topological polar surface area (TPSA) is 66.8 Å². The minimum atomic E-state index is -4.60. The first-order valence-corrected chi connectivity index (χ1v) is 13.6. The fraction of sp³-hybridized carbons (Fsp3) is 0.226. The number of aromatic nitrogens is 1. The Kier molecular flexibility index (Phi) is 8.17. The summed E-state index contributed by atoms with van der Waals surface area (Å²) in [4.78, 5) is 29.6. The highest BCUT2D eigenvalue weighted by atomic mass is 35.5. The molecule has 7 nitrogen and oxygen atoms in total. The number of carbonyl (C=O) groups is 2. The average Bonchev–Trinajstić information content (AvgIpc) is 3.33. The largest absolute Gasteiger partial charge is 0.497 e. The third-order valence-electron chi connectivity index (χ3n) is 7.28. The number of piperazine rings is 1. The number of alkyl halides is 3. The molecule has 0 aliphatic carbocycles. The van der Waals surface area contributed by atoms with E-state index in [-0.39, 0.29) is 37.8 Å². The standard InChI is InChI=1S/C31H28ClF3N4O3/c1-20-23(19-28(21-11-13-22(42-2)14-12-21)39(20)27-10-6-4-8-25(27)32)29(40)37-15-17-38(18-16-37)30(41)36-26-9-5-3-7-24(26)31(33,34)35/h3-14,19H,15-18H2,1-2H3,(H,36,41). The molecule has 1 aromatic heterocycles. The van der Waals surface area contributed by atoms with E-state index in [0.29, 0.717) is 22.0 Å². The van der Waals surface area contributed by atoms with Gasteiger partial charge in [0, 0.05) is 31.9 Å². The first kappa shape index (κ1) is 29.1. The molecule has 0 radical (unpaired) electrons. The van der Waals surface area contributed by atoms with Crippen LogP contribution in [-0.4, -0.2) is 59.6 Å². The molecule has 42 heavy (non-hydrogen) atoms. The highest BCUT2D eigenvalue weighted by Gasteiger charge is 2.34. The fourth-order valence-corrected chi connectivity index (χ4v) is 5.28. The summed E-state index contributed by atoms with van der Waals surface area (Å²) in [5, 5.41) is 2.90. The molecule has 3 amide bonds. The number of ether oxygens (including phenoxy) is 1. The Labute approximate surface area is 246 Å². The van der Waals surface area contributed by atoms with Gasteiger partial charge >= 0.3 is 12.2 Å². The molecular formula is C31H28ClF3N4O3. The van der Waals surface area contributed by atoms with Crippen molar-refractivity contribution < 1.29 is 27.5 Å². The lowest BCUT2D eigenvalue weighted by Gasteiger charge is -2.35. The molecule has 11 heteroatoms. The zero-order chi connectivity index (χ0) is 30.0. The third kappa shape index (κ3) is 5.80. The van der Waals surface area contributed by atoms with E-state index in [1.807, 2.05) is 60.0 Å². The number of rotatable bonds is 5. The Bertz CT molecular complexity index is 1610. The number of halogens is 4. The van der Waals surface area contributed by atoms with Gasteiger partial charge in [-0.15, -0.1) is 0 Å². The van der Waals surface area contributed by atoms with Crippen LogP contribution in [0, 0.1) is 6.92 Å². The van der Waals surface area contributed by atoms with E-state index in [2.05, 4.69) is 5.32 Å². The molecule has 0 atom stereocenters. The number of hydrogen-bond acceptors (Lipinski definition) is 3. The van der Waals surface area contributed by atoms with Crippen molar-refractivity contribution >= 4 is 29.2 Å². The first-order chi connectivity index (χ1) is 20.1. The van der Waals surface area contributed by atoms with Crippen molar-refractivity contribution in [3.63, 3.8) is 0 Å². The van der Waals surface area contributed by atoms with Gasteiger partial charge in [-0.25, -0.2) is 4.79 Å². The number of amides is 3. The maximum atomic E-state index is 13.8. The molecule has 1 aliphatic heterocycles. The lowest BCUT2D eigenvalue weighted by atomic mass is 10.1. The van der Waals surface area contributed by atoms with Crippen LogP contribution in [0.15, 0.2) is 78.9 Å². The Morgan fingerprint density at radius 2 is 1.50 bits per heavy atom. The molecule has 1 N–H and O–H groups in total. The van der Waals surface area contributed by atoms with Gasteiger partial charge in [-0.05, 0) is 67.1 Å². The number of nitrogens with zero attached hydrogens (tertiary/aromatic N) is 3. The van der Waals surface area contributed by atoms with Crippen molar-refractivity contribution in [2.45, 2.75) is 13.1 Å². The van der Waals surface area contributed by atoms with Gasteiger partial charge in [0.2, 0.25) is 0 Å². The van der Waals surface area contributed by atoms with E-state index >= 15 is 0 Å². The minimum absolute atomic E-state index is 0.168. The van der Waals surface area contributed by atoms with Gasteiger partial charge in [-0.2, -0.15) is 13.2 Å². The Hall–Kier alpha value is -4.44. The number of anilines is 1. The number of hydrogen-bond donors (Lipinski definition) is 1. The summed E-state index contributed by atoms with van der Waals surface area (Å²) < 4.78 is 47.3.